The van der Waals surface area contributed by atoms with Gasteiger partial charge in [-0.25, -0.2) is 0 Å². The molecule has 8 nitrogen and oxygen atoms in total. The van der Waals surface area contributed by atoms with Crippen LogP contribution < -0.4 is 10.1 Å². The number of ether oxygens (including phenoxy) is 1. The largest absolute Gasteiger partial charge is 0.491 e. The molecule has 1 aromatic carbocycles. The number of aryl methyl sites for hydroxylation is 1. The number of rotatable bonds is 5. The van der Waals surface area contributed by atoms with E-state index < -0.39 is 6.04 Å². The number of aromatic nitrogens is 1. The number of piperidine rings is 1. The fourth-order valence-electron chi connectivity index (χ4n) is 6.93. The Morgan fingerprint density at radius 2 is 1.93 bits per heavy atom. The van der Waals surface area contributed by atoms with Crippen LogP contribution in [0.3, 0.4) is 0 Å². The van der Waals surface area contributed by atoms with E-state index in [2.05, 4.69) is 5.32 Å². The zero-order valence-corrected chi connectivity index (χ0v) is 24.5. The summed E-state index contributed by atoms with van der Waals surface area (Å²) >= 11 is 0. The molecule has 2 bridgehead atoms. The first-order valence-corrected chi connectivity index (χ1v) is 15.0. The van der Waals surface area contributed by atoms with E-state index in [1.54, 1.807) is 18.0 Å². The maximum absolute atomic E-state index is 14.0. The lowest BCUT2D eigenvalue weighted by atomic mass is 9.95. The molecular weight excluding hydrogens is 506 g/mol. The van der Waals surface area contributed by atoms with Crippen molar-refractivity contribution >= 4 is 34.3 Å². The van der Waals surface area contributed by atoms with Gasteiger partial charge in [-0.15, -0.1) is 0 Å². The molecule has 3 aliphatic rings. The van der Waals surface area contributed by atoms with Crippen molar-refractivity contribution in [3.8, 4) is 5.75 Å². The van der Waals surface area contributed by atoms with E-state index in [9.17, 15) is 19.2 Å². The molecule has 1 N–H and O–H groups in total. The second-order valence-electron chi connectivity index (χ2n) is 12.5. The van der Waals surface area contributed by atoms with Gasteiger partial charge in [0.15, 0.2) is 11.6 Å². The zero-order valence-electron chi connectivity index (χ0n) is 24.5. The fraction of sp³-hybridized carbons (Fsp3) is 0.625. The molecule has 40 heavy (non-hydrogen) atoms. The summed E-state index contributed by atoms with van der Waals surface area (Å²) in [6, 6.07) is 3.45. The van der Waals surface area contributed by atoms with Crippen LogP contribution in [0, 0.1) is 11.3 Å². The SMILES string of the molecule is CCC(=O)[C@@H]1C[C@]23CNC(=O)[C@@H](C)CCCCCc4cc(OC(C)C)cc5c(C(C)=O)cn(c45)CC(=O)N1[C@@H]2C3. The number of carbonyl (C=O) groups excluding carboxylic acids is 4. The van der Waals surface area contributed by atoms with E-state index in [4.69, 9.17) is 4.74 Å². The maximum Gasteiger partial charge on any atom is 0.243 e. The van der Waals surface area contributed by atoms with Crippen molar-refractivity contribution in [3.05, 3.63) is 29.5 Å². The molecule has 2 fully saturated rings. The Balaban J connectivity index is 1.58. The minimum atomic E-state index is -0.468. The maximum atomic E-state index is 14.0. The van der Waals surface area contributed by atoms with Gasteiger partial charge >= 0.3 is 0 Å². The molecule has 5 rings (SSSR count). The smallest absolute Gasteiger partial charge is 0.243 e. The average Bonchev–Trinajstić information content (AvgIpc) is 3.31. The Labute approximate surface area is 236 Å². The number of Topliss-reactive ketones (excluding diaryl/α,β-unsaturated/α-hetero) is 2. The van der Waals surface area contributed by atoms with Crippen LogP contribution in [0.2, 0.25) is 0 Å². The van der Waals surface area contributed by atoms with Crippen LogP contribution in [-0.2, 0) is 27.3 Å². The average molecular weight is 550 g/mol. The number of hydrogen-bond acceptors (Lipinski definition) is 5. The highest BCUT2D eigenvalue weighted by atomic mass is 16.5. The minimum Gasteiger partial charge on any atom is -0.491 e. The molecule has 2 aliphatic heterocycles. The first kappa shape index (κ1) is 28.4. The lowest BCUT2D eigenvalue weighted by Gasteiger charge is -2.27. The number of carbonyl (C=O) groups is 4. The van der Waals surface area contributed by atoms with Crippen LogP contribution in [0.1, 0.15) is 95.5 Å². The molecule has 1 aromatic heterocycles. The molecule has 0 spiro atoms. The van der Waals surface area contributed by atoms with Gasteiger partial charge in [0.25, 0.3) is 0 Å². The van der Waals surface area contributed by atoms with Crippen molar-refractivity contribution in [1.82, 2.24) is 14.8 Å². The molecule has 4 atom stereocenters. The van der Waals surface area contributed by atoms with Gasteiger partial charge in [-0.05, 0) is 70.6 Å². The standard InChI is InChI=1S/C32H43N3O5/c1-6-27(37)26-14-32-15-28(32)35(26)29(38)17-34-16-25(21(5)36)24-13-23(40-19(2)3)12-22(30(24)34)11-9-7-8-10-20(4)31(39)33-18-32/h12-13,16,19-20,26,28H,6-11,14-15,17-18H2,1-5H3,(H,33,39)/t20-,26-,28+,32-/m0/s1. The third-order valence-electron chi connectivity index (χ3n) is 9.15. The Hall–Kier alpha value is -3.16. The van der Waals surface area contributed by atoms with Gasteiger partial charge in [-0.1, -0.05) is 26.7 Å². The highest BCUT2D eigenvalue weighted by Crippen LogP contribution is 2.59. The summed E-state index contributed by atoms with van der Waals surface area (Å²) < 4.78 is 7.98. The summed E-state index contributed by atoms with van der Waals surface area (Å²) in [4.78, 5) is 54.4. The molecule has 1 saturated heterocycles. The Kier molecular flexibility index (Phi) is 7.81. The molecular formula is C32H43N3O5. The number of amides is 2. The van der Waals surface area contributed by atoms with E-state index >= 15 is 0 Å². The predicted octanol–water partition coefficient (Wildman–Crippen LogP) is 4.84. The molecule has 3 heterocycles. The van der Waals surface area contributed by atoms with Crippen LogP contribution >= 0.6 is 0 Å². The number of nitrogens with zero attached hydrogens (tertiary/aromatic N) is 2. The molecule has 1 aliphatic carbocycles. The summed E-state index contributed by atoms with van der Waals surface area (Å²) in [5, 5.41) is 3.96. The Morgan fingerprint density at radius 3 is 2.62 bits per heavy atom. The normalized spacial score (nSPS) is 27.4. The van der Waals surface area contributed by atoms with Gasteiger partial charge in [-0.3, -0.25) is 19.2 Å². The first-order valence-electron chi connectivity index (χ1n) is 15.0. The van der Waals surface area contributed by atoms with E-state index in [0.29, 0.717) is 24.9 Å². The fourth-order valence-corrected chi connectivity index (χ4v) is 6.93. The van der Waals surface area contributed by atoms with Crippen LogP contribution in [-0.4, -0.2) is 57.6 Å². The topological polar surface area (TPSA) is 97.7 Å². The van der Waals surface area contributed by atoms with E-state index in [-0.39, 0.29) is 53.4 Å². The Morgan fingerprint density at radius 1 is 1.15 bits per heavy atom. The van der Waals surface area contributed by atoms with E-state index in [1.165, 1.54) is 0 Å². The molecule has 2 amide bonds. The molecule has 0 radical (unpaired) electrons. The molecule has 216 valence electrons. The van der Waals surface area contributed by atoms with Gasteiger partial charge in [0.2, 0.25) is 11.8 Å². The van der Waals surface area contributed by atoms with Gasteiger partial charge in [0, 0.05) is 47.5 Å². The predicted molar refractivity (Wildman–Crippen MR) is 153 cm³/mol. The van der Waals surface area contributed by atoms with Gasteiger partial charge in [0.05, 0.1) is 17.7 Å². The van der Waals surface area contributed by atoms with Gasteiger partial charge < -0.3 is 19.5 Å². The quantitative estimate of drug-likeness (QED) is 0.539. The summed E-state index contributed by atoms with van der Waals surface area (Å²) in [6.45, 7) is 9.89. The molecule has 1 saturated carbocycles. The van der Waals surface area contributed by atoms with Crippen molar-refractivity contribution in [2.45, 2.75) is 111 Å². The van der Waals surface area contributed by atoms with Crippen LogP contribution in [0.5, 0.6) is 5.75 Å². The molecule has 2 aromatic rings. The summed E-state index contributed by atoms with van der Waals surface area (Å²) in [6.07, 6.45) is 7.99. The van der Waals surface area contributed by atoms with Crippen LogP contribution in [0.25, 0.3) is 10.9 Å². The van der Waals surface area contributed by atoms with E-state index in [0.717, 1.165) is 60.7 Å². The van der Waals surface area contributed by atoms with Crippen molar-refractivity contribution in [1.29, 1.82) is 0 Å². The third-order valence-corrected chi connectivity index (χ3v) is 9.15. The zero-order chi connectivity index (χ0) is 28.8. The van der Waals surface area contributed by atoms with Crippen LogP contribution in [0.4, 0.5) is 0 Å². The monoisotopic (exact) mass is 549 g/mol. The van der Waals surface area contributed by atoms with Gasteiger partial charge in [0.1, 0.15) is 12.3 Å². The van der Waals surface area contributed by atoms with Gasteiger partial charge in [-0.2, -0.15) is 0 Å². The lowest BCUT2D eigenvalue weighted by Crippen LogP contribution is -2.44. The Bertz CT molecular complexity index is 1340. The van der Waals surface area contributed by atoms with Crippen molar-refractivity contribution < 1.29 is 23.9 Å². The van der Waals surface area contributed by atoms with E-state index in [1.807, 2.05) is 44.4 Å². The second kappa shape index (κ2) is 11.0. The summed E-state index contributed by atoms with van der Waals surface area (Å²) in [7, 11) is 0. The summed E-state index contributed by atoms with van der Waals surface area (Å²) in [5.74, 6) is 0.586. The first-order chi connectivity index (χ1) is 19.0. The summed E-state index contributed by atoms with van der Waals surface area (Å²) in [5.41, 5.74) is 2.29. The van der Waals surface area contributed by atoms with Crippen LogP contribution in [0.15, 0.2) is 18.3 Å². The molecule has 0 unspecified atom stereocenters. The number of benzene rings is 1. The highest BCUT2D eigenvalue weighted by molar-refractivity contribution is 6.08. The lowest BCUT2D eigenvalue weighted by molar-refractivity contribution is -0.139. The number of ketones is 2. The molecule has 8 heteroatoms. The van der Waals surface area contributed by atoms with Crippen molar-refractivity contribution in [2.75, 3.05) is 6.54 Å². The number of hydrogen-bond donors (Lipinski definition) is 1. The van der Waals surface area contributed by atoms with Crippen molar-refractivity contribution in [3.63, 3.8) is 0 Å². The number of nitrogens with one attached hydrogen (secondary N) is 1. The minimum absolute atomic E-state index is 0.0149. The second-order valence-corrected chi connectivity index (χ2v) is 12.5. The third kappa shape index (κ3) is 5.29. The van der Waals surface area contributed by atoms with Crippen molar-refractivity contribution in [2.24, 2.45) is 11.3 Å². The highest BCUT2D eigenvalue weighted by Gasteiger charge is 2.66.